The zero-order valence-corrected chi connectivity index (χ0v) is 13.6. The lowest BCUT2D eigenvalue weighted by Gasteiger charge is -2.28. The maximum Gasteiger partial charge on any atom is 0.317 e. The Labute approximate surface area is 139 Å². The normalized spacial score (nSPS) is 24.5. The molecule has 1 saturated carbocycles. The summed E-state index contributed by atoms with van der Waals surface area (Å²) in [6.07, 6.45) is 2.62. The quantitative estimate of drug-likeness (QED) is 0.384. The Hall–Kier alpha value is -2.12. The largest absolute Gasteiger partial charge is 0.481 e. The highest BCUT2D eigenvalue weighted by Crippen LogP contribution is 2.39. The van der Waals surface area contributed by atoms with E-state index in [0.717, 1.165) is 12.8 Å². The third kappa shape index (κ3) is 5.50. The fourth-order valence-electron chi connectivity index (χ4n) is 3.61. The van der Waals surface area contributed by atoms with Gasteiger partial charge in [-0.1, -0.05) is 26.2 Å². The molecule has 0 bridgehead atoms. The van der Waals surface area contributed by atoms with Crippen molar-refractivity contribution in [2.24, 2.45) is 29.6 Å². The highest BCUT2D eigenvalue weighted by Gasteiger charge is 2.38. The van der Waals surface area contributed by atoms with Crippen molar-refractivity contribution < 1.29 is 39.6 Å². The Bertz CT molecular complexity index is 472. The van der Waals surface area contributed by atoms with Gasteiger partial charge in [0.15, 0.2) is 11.8 Å². The van der Waals surface area contributed by atoms with Crippen LogP contribution in [0.5, 0.6) is 0 Å². The molecule has 0 aliphatic heterocycles. The first-order valence-corrected chi connectivity index (χ1v) is 8.04. The van der Waals surface area contributed by atoms with Crippen LogP contribution < -0.4 is 0 Å². The Morgan fingerprint density at radius 2 is 1.21 bits per heavy atom. The number of aliphatic carboxylic acids is 4. The summed E-state index contributed by atoms with van der Waals surface area (Å²) in [5.41, 5.74) is 0. The molecular weight excluding hydrogens is 320 g/mol. The van der Waals surface area contributed by atoms with Crippen LogP contribution in [-0.4, -0.2) is 44.3 Å². The van der Waals surface area contributed by atoms with E-state index in [1.54, 1.807) is 0 Å². The van der Waals surface area contributed by atoms with Crippen molar-refractivity contribution in [3.8, 4) is 0 Å². The minimum Gasteiger partial charge on any atom is -0.481 e. The van der Waals surface area contributed by atoms with Gasteiger partial charge in [0, 0.05) is 0 Å². The molecule has 0 radical (unpaired) electrons. The van der Waals surface area contributed by atoms with Crippen molar-refractivity contribution in [2.75, 3.05) is 0 Å². The summed E-state index contributed by atoms with van der Waals surface area (Å²) >= 11 is 0. The minimum atomic E-state index is -1.56. The van der Waals surface area contributed by atoms with Gasteiger partial charge in [-0.3, -0.25) is 19.2 Å². The van der Waals surface area contributed by atoms with Crippen LogP contribution in [0.15, 0.2) is 0 Å². The predicted molar refractivity (Wildman–Crippen MR) is 81.4 cm³/mol. The Morgan fingerprint density at radius 1 is 0.792 bits per heavy atom. The molecule has 0 heterocycles. The summed E-state index contributed by atoms with van der Waals surface area (Å²) in [7, 11) is 0. The van der Waals surface area contributed by atoms with E-state index in [2.05, 4.69) is 0 Å². The van der Waals surface area contributed by atoms with E-state index < -0.39 is 35.7 Å². The average Bonchev–Trinajstić information content (AvgIpc) is 2.61. The van der Waals surface area contributed by atoms with Gasteiger partial charge in [-0.05, 0) is 37.0 Å². The number of carboxylic acid groups (broad SMARTS) is 4. The van der Waals surface area contributed by atoms with E-state index in [1.165, 1.54) is 0 Å². The Morgan fingerprint density at radius 3 is 1.62 bits per heavy atom. The molecule has 0 aromatic rings. The molecule has 1 aliphatic carbocycles. The molecule has 0 aromatic heterocycles. The van der Waals surface area contributed by atoms with Crippen LogP contribution in [0.2, 0.25) is 0 Å². The molecule has 0 spiro atoms. The molecule has 0 aromatic carbocycles. The topological polar surface area (TPSA) is 149 Å². The smallest absolute Gasteiger partial charge is 0.317 e. The van der Waals surface area contributed by atoms with Gasteiger partial charge < -0.3 is 20.4 Å². The van der Waals surface area contributed by atoms with Crippen LogP contribution in [0.4, 0.5) is 0 Å². The molecule has 136 valence electrons. The highest BCUT2D eigenvalue weighted by atomic mass is 16.4. The number of hydrogen-bond acceptors (Lipinski definition) is 4. The molecule has 1 rings (SSSR count). The molecule has 8 nitrogen and oxygen atoms in total. The summed E-state index contributed by atoms with van der Waals surface area (Å²) in [5.74, 6) is -9.18. The molecule has 3 atom stereocenters. The van der Waals surface area contributed by atoms with Crippen molar-refractivity contribution in [1.29, 1.82) is 0 Å². The number of hydrogen-bond donors (Lipinski definition) is 4. The average molecular weight is 344 g/mol. The summed E-state index contributed by atoms with van der Waals surface area (Å²) in [4.78, 5) is 44.6. The lowest BCUT2D eigenvalue weighted by molar-refractivity contribution is -0.158. The molecule has 24 heavy (non-hydrogen) atoms. The third-order valence-corrected chi connectivity index (χ3v) is 4.91. The van der Waals surface area contributed by atoms with Crippen molar-refractivity contribution in [3.05, 3.63) is 0 Å². The third-order valence-electron chi connectivity index (χ3n) is 4.91. The van der Waals surface area contributed by atoms with Gasteiger partial charge in [0.1, 0.15) is 0 Å². The van der Waals surface area contributed by atoms with Crippen LogP contribution in [-0.2, 0) is 19.2 Å². The van der Waals surface area contributed by atoms with Crippen LogP contribution in [0, 0.1) is 29.6 Å². The van der Waals surface area contributed by atoms with Gasteiger partial charge in [-0.15, -0.1) is 0 Å². The maximum atomic E-state index is 11.2. The van der Waals surface area contributed by atoms with Gasteiger partial charge in [0.2, 0.25) is 0 Å². The molecule has 1 aliphatic rings. The molecule has 3 unspecified atom stereocenters. The van der Waals surface area contributed by atoms with E-state index in [-0.39, 0.29) is 30.6 Å². The summed E-state index contributed by atoms with van der Waals surface area (Å²) in [5, 5.41) is 36.3. The lowest BCUT2D eigenvalue weighted by Crippen LogP contribution is -2.32. The molecule has 0 saturated heterocycles. The highest BCUT2D eigenvalue weighted by molar-refractivity contribution is 5.93. The molecule has 1 fully saturated rings. The molecule has 0 amide bonds. The molecule has 8 heteroatoms. The first-order chi connectivity index (χ1) is 11.1. The van der Waals surface area contributed by atoms with Gasteiger partial charge in [-0.25, -0.2) is 0 Å². The SMILES string of the molecule is CC1CCCC(CC(C(=O)O)C(=O)O)C(CC(C(=O)O)C(=O)O)C1. The Balaban J connectivity index is 2.99. The van der Waals surface area contributed by atoms with Crippen molar-refractivity contribution in [2.45, 2.75) is 45.4 Å². The van der Waals surface area contributed by atoms with Crippen LogP contribution in [0.25, 0.3) is 0 Å². The minimum absolute atomic E-state index is 0.103. The zero-order chi connectivity index (χ0) is 18.4. The van der Waals surface area contributed by atoms with Crippen molar-refractivity contribution >= 4 is 23.9 Å². The first kappa shape index (κ1) is 19.9. The standard InChI is InChI=1S/C16H24O8/c1-8-3-2-4-9(6-11(13(17)18)14(19)20)10(5-8)7-12(15(21)22)16(23)24/h8-12H,2-7H2,1H3,(H,17,18)(H,19,20)(H,21,22)(H,23,24). The monoisotopic (exact) mass is 344 g/mol. The summed E-state index contributed by atoms with van der Waals surface area (Å²) in [6.45, 7) is 1.98. The second-order valence-electron chi connectivity index (χ2n) is 6.72. The predicted octanol–water partition coefficient (Wildman–Crippen LogP) is 1.78. The fourth-order valence-corrected chi connectivity index (χ4v) is 3.61. The van der Waals surface area contributed by atoms with E-state index in [0.29, 0.717) is 12.8 Å². The van der Waals surface area contributed by atoms with Crippen molar-refractivity contribution in [1.82, 2.24) is 0 Å². The van der Waals surface area contributed by atoms with Crippen LogP contribution in [0.1, 0.15) is 45.4 Å². The number of rotatable bonds is 8. The lowest BCUT2D eigenvalue weighted by atomic mass is 9.76. The van der Waals surface area contributed by atoms with Crippen LogP contribution >= 0.6 is 0 Å². The second kappa shape index (κ2) is 8.65. The van der Waals surface area contributed by atoms with Gasteiger partial charge in [0.25, 0.3) is 0 Å². The summed E-state index contributed by atoms with van der Waals surface area (Å²) in [6, 6.07) is 0. The van der Waals surface area contributed by atoms with Crippen molar-refractivity contribution in [3.63, 3.8) is 0 Å². The first-order valence-electron chi connectivity index (χ1n) is 8.04. The van der Waals surface area contributed by atoms with Gasteiger partial charge in [-0.2, -0.15) is 0 Å². The number of carboxylic acids is 4. The number of carbonyl (C=O) groups is 4. The van der Waals surface area contributed by atoms with Gasteiger partial charge in [0.05, 0.1) is 0 Å². The van der Waals surface area contributed by atoms with E-state index in [4.69, 9.17) is 20.4 Å². The van der Waals surface area contributed by atoms with E-state index in [9.17, 15) is 19.2 Å². The summed E-state index contributed by atoms with van der Waals surface area (Å²) < 4.78 is 0. The zero-order valence-electron chi connectivity index (χ0n) is 13.6. The fraction of sp³-hybridized carbons (Fsp3) is 0.750. The molecule has 4 N–H and O–H groups in total. The second-order valence-corrected chi connectivity index (χ2v) is 6.72. The van der Waals surface area contributed by atoms with Gasteiger partial charge >= 0.3 is 23.9 Å². The van der Waals surface area contributed by atoms with E-state index in [1.807, 2.05) is 6.92 Å². The maximum absolute atomic E-state index is 11.2. The molecular formula is C16H24O8. The van der Waals surface area contributed by atoms with E-state index >= 15 is 0 Å². The Kier molecular flexibility index (Phi) is 7.18. The van der Waals surface area contributed by atoms with Crippen LogP contribution in [0.3, 0.4) is 0 Å².